The summed E-state index contributed by atoms with van der Waals surface area (Å²) < 4.78 is 33.1. The van der Waals surface area contributed by atoms with Crippen LogP contribution in [0.25, 0.3) is 11.1 Å². The maximum absolute atomic E-state index is 14.9. The molecule has 1 aliphatic carbocycles. The van der Waals surface area contributed by atoms with Crippen LogP contribution >= 0.6 is 0 Å². The van der Waals surface area contributed by atoms with Crippen molar-refractivity contribution < 1.29 is 71.6 Å². The quantitative estimate of drug-likeness (QED) is 0.0164. The first-order chi connectivity index (χ1) is 41.9. The monoisotopic (exact) mass is 1240 g/mol. The highest BCUT2D eigenvalue weighted by atomic mass is 16.6. The van der Waals surface area contributed by atoms with Crippen molar-refractivity contribution in [2.75, 3.05) is 32.8 Å². The molecule has 0 heterocycles. The van der Waals surface area contributed by atoms with E-state index in [0.29, 0.717) is 44.1 Å². The van der Waals surface area contributed by atoms with E-state index in [1.54, 1.807) is 107 Å². The number of carbonyl (C=O) groups excluding carboxylic acids is 9. The highest BCUT2D eigenvalue weighted by molar-refractivity contribution is 5.95. The normalized spacial score (nSPS) is 13.5. The van der Waals surface area contributed by atoms with Gasteiger partial charge in [0.25, 0.3) is 0 Å². The molecule has 0 saturated heterocycles. The number of fused-ring (bicyclic) bond motifs is 3. The molecule has 23 nitrogen and oxygen atoms in total. The minimum Gasteiger partial charge on any atom is -0.459 e. The van der Waals surface area contributed by atoms with Crippen LogP contribution in [0, 0.1) is 0 Å². The van der Waals surface area contributed by atoms with Crippen molar-refractivity contribution in [1.82, 2.24) is 42.5 Å². The van der Waals surface area contributed by atoms with Gasteiger partial charge in [0.05, 0.1) is 0 Å². The lowest BCUT2D eigenvalue weighted by Crippen LogP contribution is -2.57. The number of carbonyl (C=O) groups is 9. The van der Waals surface area contributed by atoms with Gasteiger partial charge >= 0.3 is 36.4 Å². The van der Waals surface area contributed by atoms with Gasteiger partial charge in [0, 0.05) is 32.1 Å². The maximum atomic E-state index is 14.9. The molecule has 3 aromatic carbocycles. The van der Waals surface area contributed by atoms with Gasteiger partial charge in [-0.05, 0) is 188 Å². The summed E-state index contributed by atoms with van der Waals surface area (Å²) in [5, 5.41) is 22.0. The molecule has 89 heavy (non-hydrogen) atoms. The SMILES string of the molecule is CC(C)(C)OC(=O)NCCCCC(NC(=O)OCC1c2ccccc2-c2ccccc21)C(=O)NC(CCCCNC(=O)OC(C)(C)C)C(=O)NC(CCCCNC(=O)OC(C)(C)C)C(=O)NC(CCCCNC(=O)OC(C)(C)C)C(=O)OCc1ccccc1. The number of hydrogen-bond donors (Lipinski definition) is 8. The predicted octanol–water partition coefficient (Wildman–Crippen LogP) is 9.87. The molecule has 0 aliphatic heterocycles. The molecule has 4 atom stereocenters. The molecule has 4 unspecified atom stereocenters. The molecule has 0 aromatic heterocycles. The first-order valence-corrected chi connectivity index (χ1v) is 31.0. The molecule has 0 fully saturated rings. The molecule has 0 saturated carbocycles. The first kappa shape index (κ1) is 73.4. The van der Waals surface area contributed by atoms with Gasteiger partial charge in [0.2, 0.25) is 17.7 Å². The van der Waals surface area contributed by atoms with E-state index in [1.165, 1.54) is 0 Å². The van der Waals surface area contributed by atoms with Gasteiger partial charge < -0.3 is 71.0 Å². The zero-order valence-electron chi connectivity index (χ0n) is 54.2. The van der Waals surface area contributed by atoms with E-state index < -0.39 is 101 Å². The summed E-state index contributed by atoms with van der Waals surface area (Å²) in [7, 11) is 0. The van der Waals surface area contributed by atoms with Crippen LogP contribution in [0.2, 0.25) is 0 Å². The van der Waals surface area contributed by atoms with Crippen molar-refractivity contribution in [2.45, 2.75) is 219 Å². The maximum Gasteiger partial charge on any atom is 0.407 e. The summed E-state index contributed by atoms with van der Waals surface area (Å²) in [6.45, 7) is 21.4. The molecule has 23 heteroatoms. The summed E-state index contributed by atoms with van der Waals surface area (Å²) in [5.41, 5.74) is 1.77. The summed E-state index contributed by atoms with van der Waals surface area (Å²) in [4.78, 5) is 122. The number of unbranched alkanes of at least 4 members (excludes halogenated alkanes) is 4. The Bertz CT molecular complexity index is 2740. The van der Waals surface area contributed by atoms with Crippen molar-refractivity contribution in [1.29, 1.82) is 0 Å². The van der Waals surface area contributed by atoms with E-state index in [9.17, 15) is 43.2 Å². The summed E-state index contributed by atoms with van der Waals surface area (Å²) >= 11 is 0. The fraction of sp³-hybridized carbons (Fsp3) is 0.591. The van der Waals surface area contributed by atoms with Crippen LogP contribution in [0.4, 0.5) is 24.0 Å². The average molecular weight is 1240 g/mol. The Morgan fingerprint density at radius 2 is 0.685 bits per heavy atom. The van der Waals surface area contributed by atoms with Gasteiger partial charge in [0.1, 0.15) is 59.8 Å². The molecule has 4 rings (SSSR count). The van der Waals surface area contributed by atoms with Crippen LogP contribution in [0.1, 0.15) is 183 Å². The highest BCUT2D eigenvalue weighted by Crippen LogP contribution is 2.44. The van der Waals surface area contributed by atoms with Gasteiger partial charge in [0.15, 0.2) is 0 Å². The molecule has 0 radical (unpaired) electrons. The number of benzene rings is 3. The van der Waals surface area contributed by atoms with E-state index in [4.69, 9.17) is 28.4 Å². The zero-order chi connectivity index (χ0) is 65.8. The fourth-order valence-electron chi connectivity index (χ4n) is 9.40. The third kappa shape index (κ3) is 29.6. The molecular formula is C66H98N8O15. The lowest BCUT2D eigenvalue weighted by atomic mass is 9.98. The van der Waals surface area contributed by atoms with Gasteiger partial charge in [-0.2, -0.15) is 0 Å². The highest BCUT2D eigenvalue weighted by Gasteiger charge is 2.34. The van der Waals surface area contributed by atoms with Crippen molar-refractivity contribution in [3.63, 3.8) is 0 Å². The van der Waals surface area contributed by atoms with E-state index in [-0.39, 0.29) is 83.8 Å². The largest absolute Gasteiger partial charge is 0.459 e. The Kier molecular flexibility index (Phi) is 29.5. The van der Waals surface area contributed by atoms with Crippen molar-refractivity contribution in [3.8, 4) is 11.1 Å². The van der Waals surface area contributed by atoms with Crippen molar-refractivity contribution in [3.05, 3.63) is 95.6 Å². The topological polar surface area (TPSA) is 305 Å². The number of hydrogen-bond acceptors (Lipinski definition) is 15. The number of ether oxygens (including phenoxy) is 6. The minimum absolute atomic E-state index is 0.00291. The second-order valence-corrected chi connectivity index (χ2v) is 26.0. The van der Waals surface area contributed by atoms with Gasteiger partial charge in [-0.15, -0.1) is 0 Å². The second-order valence-electron chi connectivity index (χ2n) is 26.0. The number of esters is 1. The first-order valence-electron chi connectivity index (χ1n) is 31.0. The standard InChI is InChI=1S/C66H98N8O15/c1-63(2,3)86-58(79)67-38-24-20-34-50(72-56(77)52(36-22-26-40-69-60(81)88-65(7,8)9)74-62(83)85-43-49-47-32-18-16-30-45(47)46-31-17-19-33-48(46)49)54(75)71-51(35-21-25-39-68-59(80)87-64(4,5)6)55(76)73-53(57(78)84-42-44-28-14-13-15-29-44)37-23-27-41-70-61(82)89-66(10,11)12/h13-19,28-33,49-53H,20-27,34-43H2,1-12H3,(H,67,79)(H,68,80)(H,69,81)(H,70,82)(H,71,75)(H,72,77)(H,73,76)(H,74,83). The molecule has 492 valence electrons. The summed E-state index contributed by atoms with van der Waals surface area (Å²) in [5.74, 6) is -3.29. The Morgan fingerprint density at radius 1 is 0.371 bits per heavy atom. The predicted molar refractivity (Wildman–Crippen MR) is 336 cm³/mol. The third-order valence-corrected chi connectivity index (χ3v) is 13.4. The van der Waals surface area contributed by atoms with Gasteiger partial charge in [-0.1, -0.05) is 78.9 Å². The molecule has 0 spiro atoms. The average Bonchev–Trinajstić information content (AvgIpc) is 2.89. The van der Waals surface area contributed by atoms with E-state index >= 15 is 0 Å². The minimum atomic E-state index is -1.34. The fourth-order valence-corrected chi connectivity index (χ4v) is 9.40. The van der Waals surface area contributed by atoms with Crippen LogP contribution in [0.5, 0.6) is 0 Å². The number of alkyl carbamates (subject to hydrolysis) is 5. The van der Waals surface area contributed by atoms with Crippen LogP contribution in [0.15, 0.2) is 78.9 Å². The Morgan fingerprint density at radius 3 is 1.04 bits per heavy atom. The molecule has 0 bridgehead atoms. The van der Waals surface area contributed by atoms with Gasteiger partial charge in [-0.3, -0.25) is 14.4 Å². The third-order valence-electron chi connectivity index (χ3n) is 13.4. The number of nitrogens with one attached hydrogen (secondary N) is 8. The number of rotatable bonds is 32. The van der Waals surface area contributed by atoms with Gasteiger partial charge in [-0.25, -0.2) is 28.8 Å². The lowest BCUT2D eigenvalue weighted by molar-refractivity contribution is -0.149. The number of amides is 8. The van der Waals surface area contributed by atoms with Crippen LogP contribution in [-0.2, 0) is 54.2 Å². The molecular weight excluding hydrogens is 1140 g/mol. The molecule has 8 N–H and O–H groups in total. The van der Waals surface area contributed by atoms with E-state index in [0.717, 1.165) is 22.3 Å². The Hall–Kier alpha value is -8.11. The zero-order valence-corrected chi connectivity index (χ0v) is 54.2. The molecule has 8 amide bonds. The summed E-state index contributed by atoms with van der Waals surface area (Å²) in [6, 6.07) is 19.6. The Labute approximate surface area is 525 Å². The van der Waals surface area contributed by atoms with Crippen molar-refractivity contribution in [2.24, 2.45) is 0 Å². The van der Waals surface area contributed by atoms with Crippen LogP contribution in [-0.4, -0.2) is 134 Å². The molecule has 3 aromatic rings. The van der Waals surface area contributed by atoms with E-state index in [2.05, 4.69) is 42.5 Å². The molecule has 1 aliphatic rings. The second kappa shape index (κ2) is 35.8. The smallest absolute Gasteiger partial charge is 0.407 e. The van der Waals surface area contributed by atoms with Crippen LogP contribution < -0.4 is 42.5 Å². The van der Waals surface area contributed by atoms with Crippen LogP contribution in [0.3, 0.4) is 0 Å². The Balaban J connectivity index is 1.62. The van der Waals surface area contributed by atoms with E-state index in [1.807, 2.05) is 54.6 Å². The summed E-state index contributed by atoms with van der Waals surface area (Å²) in [6.07, 6.45) is -0.631. The lowest BCUT2D eigenvalue weighted by Gasteiger charge is -2.27. The van der Waals surface area contributed by atoms with Crippen molar-refractivity contribution >= 4 is 54.2 Å².